The fraction of sp³-hybridized carbons (Fsp3) is 0.368. The van der Waals surface area contributed by atoms with Crippen LogP contribution in [0.2, 0.25) is 0 Å². The molecule has 0 radical (unpaired) electrons. The first-order valence-corrected chi connectivity index (χ1v) is 18.0. The first-order valence-electron chi connectivity index (χ1n) is 15.0. The van der Waals surface area contributed by atoms with Gasteiger partial charge in [-0.25, -0.2) is 0 Å². The van der Waals surface area contributed by atoms with Gasteiger partial charge in [-0.15, -0.1) is 0 Å². The van der Waals surface area contributed by atoms with E-state index in [0.29, 0.717) is 0 Å². The highest BCUT2D eigenvalue weighted by molar-refractivity contribution is 8.44. The molecule has 4 aromatic carbocycles. The van der Waals surface area contributed by atoms with Crippen LogP contribution in [0, 0.1) is 41.5 Å². The Morgan fingerprint density at radius 2 is 0.614 bits per heavy atom. The van der Waals surface area contributed by atoms with Crippen molar-refractivity contribution in [1.82, 2.24) is 0 Å². The zero-order chi connectivity index (χ0) is 33.0. The molecule has 4 N–H and O–H groups in total. The zero-order valence-electron chi connectivity index (χ0n) is 28.2. The third kappa shape index (κ3) is 6.43. The summed E-state index contributed by atoms with van der Waals surface area (Å²) in [6.45, 7) is 24.9. The molecule has 0 spiro atoms. The van der Waals surface area contributed by atoms with Crippen LogP contribution >= 0.6 is 0 Å². The van der Waals surface area contributed by atoms with Gasteiger partial charge in [0.25, 0.3) is 0 Å². The average molecular weight is 633 g/mol. The Morgan fingerprint density at radius 3 is 0.909 bits per heavy atom. The van der Waals surface area contributed by atoms with Gasteiger partial charge < -0.3 is 20.4 Å². The van der Waals surface area contributed by atoms with Crippen molar-refractivity contribution in [2.75, 3.05) is 0 Å². The van der Waals surface area contributed by atoms with Gasteiger partial charge in [0, 0.05) is 19.6 Å². The molecule has 4 rings (SSSR count). The van der Waals surface area contributed by atoms with Crippen molar-refractivity contribution < 1.29 is 20.4 Å². The largest absolute Gasteiger partial charge is 0.508 e. The second kappa shape index (κ2) is 11.9. The Labute approximate surface area is 268 Å². The molecule has 6 heteroatoms. The molecule has 0 amide bonds. The van der Waals surface area contributed by atoms with E-state index in [1.807, 2.05) is 52.0 Å². The van der Waals surface area contributed by atoms with Gasteiger partial charge >= 0.3 is 0 Å². The van der Waals surface area contributed by atoms with Crippen molar-refractivity contribution in [1.29, 1.82) is 0 Å². The number of aryl methyl sites for hydroxylation is 6. The maximum absolute atomic E-state index is 11.0. The third-order valence-electron chi connectivity index (χ3n) is 8.16. The number of phenolic OH excluding ortho intramolecular Hbond substituents is 4. The Bertz CT molecular complexity index is 1690. The quantitative estimate of drug-likeness (QED) is 0.181. The van der Waals surface area contributed by atoms with Crippen molar-refractivity contribution in [3.63, 3.8) is 0 Å². The number of benzene rings is 4. The molecule has 44 heavy (non-hydrogen) atoms. The molecule has 4 aromatic rings. The highest BCUT2D eigenvalue weighted by Crippen LogP contribution is 2.44. The van der Waals surface area contributed by atoms with Crippen molar-refractivity contribution in [2.45, 2.75) is 113 Å². The second-order valence-electron chi connectivity index (χ2n) is 14.1. The molecule has 0 saturated carbocycles. The third-order valence-corrected chi connectivity index (χ3v) is 14.8. The Hall–Kier alpha value is -3.22. The van der Waals surface area contributed by atoms with Crippen LogP contribution in [0.15, 0.2) is 68.1 Å². The fourth-order valence-corrected chi connectivity index (χ4v) is 13.6. The molecule has 0 aliphatic carbocycles. The number of aromatic hydroxyl groups is 4. The number of phenols is 4. The molecule has 0 aromatic heterocycles. The molecular formula is C38H48O4S2. The summed E-state index contributed by atoms with van der Waals surface area (Å²) in [6.07, 6.45) is 0. The molecule has 4 nitrogen and oxygen atoms in total. The van der Waals surface area contributed by atoms with Crippen LogP contribution < -0.4 is 0 Å². The smallest absolute Gasteiger partial charge is 0.118 e. The summed E-state index contributed by atoms with van der Waals surface area (Å²) >= 11 is 0. The molecule has 0 saturated heterocycles. The van der Waals surface area contributed by atoms with E-state index in [0.717, 1.165) is 64.1 Å². The van der Waals surface area contributed by atoms with Crippen molar-refractivity contribution in [3.05, 3.63) is 93.0 Å². The minimum absolute atomic E-state index is 0.264. The summed E-state index contributed by atoms with van der Waals surface area (Å²) in [4.78, 5) is 4.52. The second-order valence-corrected chi connectivity index (χ2v) is 18.9. The first-order chi connectivity index (χ1) is 20.2. The van der Waals surface area contributed by atoms with Gasteiger partial charge in [-0.2, -0.15) is 0 Å². The summed E-state index contributed by atoms with van der Waals surface area (Å²) < 4.78 is 0. The molecule has 236 valence electrons. The molecule has 0 aliphatic rings. The lowest BCUT2D eigenvalue weighted by molar-refractivity contribution is 0.464. The van der Waals surface area contributed by atoms with Gasteiger partial charge in [-0.3, -0.25) is 0 Å². The van der Waals surface area contributed by atoms with E-state index in [-0.39, 0.29) is 33.8 Å². The van der Waals surface area contributed by atoms with Crippen molar-refractivity contribution in [3.8, 4) is 23.0 Å². The lowest BCUT2D eigenvalue weighted by Crippen LogP contribution is -2.21. The van der Waals surface area contributed by atoms with Crippen LogP contribution in [0.3, 0.4) is 0 Å². The molecule has 0 unspecified atom stereocenters. The normalized spacial score (nSPS) is 12.4. The molecule has 0 atom stereocenters. The van der Waals surface area contributed by atoms with Gasteiger partial charge in [0.1, 0.15) is 23.0 Å². The van der Waals surface area contributed by atoms with Crippen LogP contribution in [-0.2, 0) is 29.7 Å². The van der Waals surface area contributed by atoms with Crippen LogP contribution in [0.25, 0.3) is 0 Å². The first kappa shape index (κ1) is 33.7. The summed E-state index contributed by atoms with van der Waals surface area (Å²) in [5.74, 6) is 1.07. The standard InChI is InChI=1S/C38H48O4S2/c1-21-15-33(25(5)13-29(21)39)43(34-16-22(2)30(40)14-26(34)6)44(35-17-23(3)31(41)19-27(35)37(7,8)9)36-18-24(4)32(42)20-28(36)38(10,11)12/h13-20,39-42H,1-12H3. The van der Waals surface area contributed by atoms with Crippen molar-refractivity contribution >= 4 is 18.9 Å². The van der Waals surface area contributed by atoms with Gasteiger partial charge in [0.05, 0.1) is 0 Å². The van der Waals surface area contributed by atoms with Gasteiger partial charge in [0.15, 0.2) is 0 Å². The number of rotatable bonds is 4. The van der Waals surface area contributed by atoms with E-state index < -0.39 is 18.9 Å². The van der Waals surface area contributed by atoms with E-state index in [1.165, 1.54) is 0 Å². The zero-order valence-corrected chi connectivity index (χ0v) is 29.9. The Kier molecular flexibility index (Phi) is 9.14. The molecule has 0 bridgehead atoms. The predicted molar refractivity (Wildman–Crippen MR) is 186 cm³/mol. The number of hydrogen-bond donors (Lipinski definition) is 4. The van der Waals surface area contributed by atoms with Gasteiger partial charge in [-0.05, 0) is 145 Å². The van der Waals surface area contributed by atoms with Crippen LogP contribution in [0.1, 0.15) is 86.1 Å². The Morgan fingerprint density at radius 1 is 0.364 bits per heavy atom. The minimum atomic E-state index is -0.652. The lowest BCUT2D eigenvalue weighted by Gasteiger charge is -2.32. The summed E-state index contributed by atoms with van der Waals surface area (Å²) in [6, 6.07) is 16.1. The van der Waals surface area contributed by atoms with Crippen LogP contribution in [0.5, 0.6) is 23.0 Å². The summed E-state index contributed by atoms with van der Waals surface area (Å²) in [5.41, 5.74) is 6.74. The van der Waals surface area contributed by atoms with Gasteiger partial charge in [0.2, 0.25) is 0 Å². The molecule has 0 aliphatic heterocycles. The average Bonchev–Trinajstić information content (AvgIpc) is 2.89. The topological polar surface area (TPSA) is 80.9 Å². The van der Waals surface area contributed by atoms with E-state index in [4.69, 9.17) is 0 Å². The monoisotopic (exact) mass is 632 g/mol. The van der Waals surface area contributed by atoms with E-state index in [1.54, 1.807) is 0 Å². The van der Waals surface area contributed by atoms with Crippen molar-refractivity contribution in [2.24, 2.45) is 0 Å². The molecule has 0 heterocycles. The van der Waals surface area contributed by atoms with Gasteiger partial charge in [-0.1, -0.05) is 60.5 Å². The predicted octanol–water partition coefficient (Wildman–Crippen LogP) is 9.64. The Balaban J connectivity index is 2.47. The van der Waals surface area contributed by atoms with E-state index in [2.05, 4.69) is 79.7 Å². The molecular weight excluding hydrogens is 585 g/mol. The maximum Gasteiger partial charge on any atom is 0.118 e. The summed E-state index contributed by atoms with van der Waals surface area (Å²) in [5, 5.41) is 43.5. The maximum atomic E-state index is 11.0. The lowest BCUT2D eigenvalue weighted by atomic mass is 9.86. The SMILES string of the molecule is Cc1cc(S(c2cc(C)c(O)cc2C)=S(c2cc(C)c(O)cc2C(C)(C)C)c2cc(C)c(O)cc2C(C)(C)C)c(C)cc1O. The van der Waals surface area contributed by atoms with E-state index >= 15 is 0 Å². The molecule has 0 fully saturated rings. The fourth-order valence-electron chi connectivity index (χ4n) is 5.36. The van der Waals surface area contributed by atoms with Crippen LogP contribution in [0.4, 0.5) is 0 Å². The highest BCUT2D eigenvalue weighted by atomic mass is 32.9. The van der Waals surface area contributed by atoms with Crippen LogP contribution in [-0.4, -0.2) is 20.4 Å². The van der Waals surface area contributed by atoms with E-state index in [9.17, 15) is 20.4 Å². The minimum Gasteiger partial charge on any atom is -0.508 e. The number of hydrogen-bond acceptors (Lipinski definition) is 4. The summed E-state index contributed by atoms with van der Waals surface area (Å²) in [7, 11) is -1.28. The highest BCUT2D eigenvalue weighted by Gasteiger charge is 2.30.